The summed E-state index contributed by atoms with van der Waals surface area (Å²) in [5, 5.41) is 16.8. The first-order valence-corrected chi connectivity index (χ1v) is 7.36. The van der Waals surface area contributed by atoms with E-state index in [1.54, 1.807) is 17.5 Å². The van der Waals surface area contributed by atoms with Gasteiger partial charge in [0, 0.05) is 4.88 Å². The highest BCUT2D eigenvalue weighted by Crippen LogP contribution is 2.20. The first-order valence-electron chi connectivity index (χ1n) is 6.48. The predicted molar refractivity (Wildman–Crippen MR) is 73.1 cm³/mol. The third-order valence-corrected chi connectivity index (χ3v) is 4.18. The minimum absolute atomic E-state index is 0.220. The maximum absolute atomic E-state index is 12.1. The third kappa shape index (κ3) is 3.78. The van der Waals surface area contributed by atoms with Gasteiger partial charge >= 0.3 is 5.97 Å². The SMILES string of the molecule is O=C(NC(C(=O)O)c1cccs1)C1CCCCCN1. The van der Waals surface area contributed by atoms with Crippen molar-refractivity contribution in [3.8, 4) is 0 Å². The average Bonchev–Trinajstić information content (AvgIpc) is 2.76. The molecule has 0 radical (unpaired) electrons. The van der Waals surface area contributed by atoms with E-state index in [0.717, 1.165) is 32.2 Å². The zero-order valence-corrected chi connectivity index (χ0v) is 11.4. The number of hydrogen-bond acceptors (Lipinski definition) is 4. The zero-order valence-electron chi connectivity index (χ0n) is 10.6. The second kappa shape index (κ2) is 6.68. The number of carbonyl (C=O) groups excluding carboxylic acids is 1. The molecule has 1 aromatic heterocycles. The van der Waals surface area contributed by atoms with Crippen LogP contribution in [0.25, 0.3) is 0 Å². The molecule has 0 spiro atoms. The van der Waals surface area contributed by atoms with E-state index >= 15 is 0 Å². The molecule has 1 amide bonds. The summed E-state index contributed by atoms with van der Waals surface area (Å²) >= 11 is 1.34. The van der Waals surface area contributed by atoms with Gasteiger partial charge in [0.1, 0.15) is 0 Å². The monoisotopic (exact) mass is 282 g/mol. The number of rotatable bonds is 4. The summed E-state index contributed by atoms with van der Waals surface area (Å²) in [6.07, 6.45) is 3.95. The molecule has 6 heteroatoms. The van der Waals surface area contributed by atoms with Crippen molar-refractivity contribution in [2.24, 2.45) is 0 Å². The van der Waals surface area contributed by atoms with Crippen molar-refractivity contribution < 1.29 is 14.7 Å². The van der Waals surface area contributed by atoms with Gasteiger partial charge in [-0.25, -0.2) is 4.79 Å². The van der Waals surface area contributed by atoms with Crippen molar-refractivity contribution in [2.45, 2.75) is 37.8 Å². The van der Waals surface area contributed by atoms with Crippen LogP contribution in [0, 0.1) is 0 Å². The number of nitrogens with one attached hydrogen (secondary N) is 2. The molecule has 0 saturated carbocycles. The van der Waals surface area contributed by atoms with E-state index in [1.807, 2.05) is 0 Å². The molecule has 2 rings (SSSR count). The first-order chi connectivity index (χ1) is 9.18. The molecule has 2 unspecified atom stereocenters. The topological polar surface area (TPSA) is 78.4 Å². The summed E-state index contributed by atoms with van der Waals surface area (Å²) in [6.45, 7) is 0.814. The van der Waals surface area contributed by atoms with Crippen LogP contribution in [-0.4, -0.2) is 29.6 Å². The molecule has 1 aliphatic heterocycles. The summed E-state index contributed by atoms with van der Waals surface area (Å²) in [7, 11) is 0. The lowest BCUT2D eigenvalue weighted by Crippen LogP contribution is -2.46. The van der Waals surface area contributed by atoms with Gasteiger partial charge in [0.05, 0.1) is 6.04 Å². The summed E-state index contributed by atoms with van der Waals surface area (Å²) < 4.78 is 0. The van der Waals surface area contributed by atoms with Gasteiger partial charge in [-0.2, -0.15) is 0 Å². The van der Waals surface area contributed by atoms with E-state index in [0.29, 0.717) is 4.88 Å². The molecular formula is C13H18N2O3S. The Balaban J connectivity index is 2.00. The molecule has 0 aromatic carbocycles. The van der Waals surface area contributed by atoms with Gasteiger partial charge in [0.2, 0.25) is 5.91 Å². The van der Waals surface area contributed by atoms with E-state index in [-0.39, 0.29) is 11.9 Å². The number of carboxylic acid groups (broad SMARTS) is 1. The number of hydrogen-bond donors (Lipinski definition) is 3. The predicted octanol–water partition coefficient (Wildman–Crippen LogP) is 1.52. The molecule has 1 aromatic rings. The fourth-order valence-corrected chi connectivity index (χ4v) is 2.97. The average molecular weight is 282 g/mol. The number of amides is 1. The Morgan fingerprint density at radius 1 is 1.42 bits per heavy atom. The maximum atomic E-state index is 12.1. The first kappa shape index (κ1) is 14.0. The van der Waals surface area contributed by atoms with Gasteiger partial charge in [-0.3, -0.25) is 4.79 Å². The molecule has 2 heterocycles. The number of thiophene rings is 1. The van der Waals surface area contributed by atoms with E-state index in [9.17, 15) is 14.7 Å². The van der Waals surface area contributed by atoms with Crippen molar-refractivity contribution in [2.75, 3.05) is 6.54 Å². The summed E-state index contributed by atoms with van der Waals surface area (Å²) in [5.74, 6) is -1.24. The van der Waals surface area contributed by atoms with Crippen LogP contribution in [0.15, 0.2) is 17.5 Å². The fourth-order valence-electron chi connectivity index (χ4n) is 2.21. The van der Waals surface area contributed by atoms with Gasteiger partial charge < -0.3 is 15.7 Å². The molecule has 1 saturated heterocycles. The van der Waals surface area contributed by atoms with Crippen molar-refractivity contribution >= 4 is 23.2 Å². The quantitative estimate of drug-likeness (QED) is 0.782. The standard InChI is InChI=1S/C13H18N2O3S/c16-12(9-5-2-1-3-7-14-9)15-11(13(17)18)10-6-4-8-19-10/h4,6,8-9,11,14H,1-3,5,7H2,(H,15,16)(H,17,18). The van der Waals surface area contributed by atoms with Gasteiger partial charge in [0.15, 0.2) is 6.04 Å². The largest absolute Gasteiger partial charge is 0.479 e. The summed E-state index contributed by atoms with van der Waals surface area (Å²) in [4.78, 5) is 24.0. The number of carboxylic acids is 1. The van der Waals surface area contributed by atoms with Crippen molar-refractivity contribution in [1.29, 1.82) is 0 Å². The van der Waals surface area contributed by atoms with Crippen LogP contribution >= 0.6 is 11.3 Å². The number of aliphatic carboxylic acids is 1. The lowest BCUT2D eigenvalue weighted by molar-refractivity contribution is -0.142. The highest BCUT2D eigenvalue weighted by molar-refractivity contribution is 7.10. The molecular weight excluding hydrogens is 264 g/mol. The lowest BCUT2D eigenvalue weighted by atomic mass is 10.1. The van der Waals surface area contributed by atoms with E-state index in [4.69, 9.17) is 0 Å². The minimum Gasteiger partial charge on any atom is -0.479 e. The van der Waals surface area contributed by atoms with E-state index in [2.05, 4.69) is 10.6 Å². The molecule has 0 aliphatic carbocycles. The Morgan fingerprint density at radius 3 is 2.95 bits per heavy atom. The van der Waals surface area contributed by atoms with Crippen molar-refractivity contribution in [3.63, 3.8) is 0 Å². The number of carbonyl (C=O) groups is 2. The van der Waals surface area contributed by atoms with Crippen molar-refractivity contribution in [3.05, 3.63) is 22.4 Å². The molecule has 5 nitrogen and oxygen atoms in total. The van der Waals surface area contributed by atoms with Crippen LogP contribution in [0.5, 0.6) is 0 Å². The minimum atomic E-state index is -1.02. The maximum Gasteiger partial charge on any atom is 0.331 e. The Labute approximate surface area is 116 Å². The van der Waals surface area contributed by atoms with Crippen molar-refractivity contribution in [1.82, 2.24) is 10.6 Å². The highest BCUT2D eigenvalue weighted by Gasteiger charge is 2.27. The Bertz CT molecular complexity index is 425. The Hall–Kier alpha value is -1.40. The smallest absolute Gasteiger partial charge is 0.331 e. The van der Waals surface area contributed by atoms with Crippen LogP contribution in [0.2, 0.25) is 0 Å². The van der Waals surface area contributed by atoms with Gasteiger partial charge in [-0.05, 0) is 30.8 Å². The van der Waals surface area contributed by atoms with Crippen LogP contribution < -0.4 is 10.6 Å². The molecule has 19 heavy (non-hydrogen) atoms. The molecule has 3 N–H and O–H groups in total. The van der Waals surface area contributed by atoms with Gasteiger partial charge in [-0.15, -0.1) is 11.3 Å². The molecule has 0 bridgehead atoms. The van der Waals surface area contributed by atoms with E-state index in [1.165, 1.54) is 11.3 Å². The normalized spacial score (nSPS) is 21.4. The highest BCUT2D eigenvalue weighted by atomic mass is 32.1. The van der Waals surface area contributed by atoms with Gasteiger partial charge in [0.25, 0.3) is 0 Å². The van der Waals surface area contributed by atoms with Crippen LogP contribution in [-0.2, 0) is 9.59 Å². The lowest BCUT2D eigenvalue weighted by Gasteiger charge is -2.19. The third-order valence-electron chi connectivity index (χ3n) is 3.24. The van der Waals surface area contributed by atoms with Crippen LogP contribution in [0.3, 0.4) is 0 Å². The van der Waals surface area contributed by atoms with Crippen LogP contribution in [0.1, 0.15) is 36.6 Å². The summed E-state index contributed by atoms with van der Waals surface area (Å²) in [6, 6.07) is 2.29. The Kier molecular flexibility index (Phi) is 4.93. The van der Waals surface area contributed by atoms with Gasteiger partial charge in [-0.1, -0.05) is 18.9 Å². The molecule has 1 aliphatic rings. The molecule has 1 fully saturated rings. The zero-order chi connectivity index (χ0) is 13.7. The van der Waals surface area contributed by atoms with Crippen LogP contribution in [0.4, 0.5) is 0 Å². The summed E-state index contributed by atoms with van der Waals surface area (Å²) in [5.41, 5.74) is 0. The fraction of sp³-hybridized carbons (Fsp3) is 0.538. The Morgan fingerprint density at radius 2 is 2.26 bits per heavy atom. The van der Waals surface area contributed by atoms with E-state index < -0.39 is 12.0 Å². The molecule has 2 atom stereocenters. The second-order valence-corrected chi connectivity index (χ2v) is 5.63. The second-order valence-electron chi connectivity index (χ2n) is 4.65. The molecule has 104 valence electrons.